The van der Waals surface area contributed by atoms with Crippen LogP contribution in [0.2, 0.25) is 0 Å². The minimum absolute atomic E-state index is 0.0235. The predicted octanol–water partition coefficient (Wildman–Crippen LogP) is 3.04. The number of aliphatic hydroxyl groups excluding tert-OH is 1. The average Bonchev–Trinajstić information content (AvgIpc) is 3.19. The van der Waals surface area contributed by atoms with Crippen LogP contribution in [0.3, 0.4) is 0 Å². The maximum atomic E-state index is 12.6. The first-order chi connectivity index (χ1) is 14.0. The summed E-state index contributed by atoms with van der Waals surface area (Å²) in [7, 11) is 0. The largest absolute Gasteiger partial charge is 0.395 e. The first-order valence-corrected chi connectivity index (χ1v) is 10.0. The number of likely N-dealkylation sites (tertiary alicyclic amines) is 1. The minimum atomic E-state index is -0.446. The molecule has 0 bridgehead atoms. The molecule has 1 amide bonds. The van der Waals surface area contributed by atoms with Crippen molar-refractivity contribution in [3.63, 3.8) is 0 Å². The van der Waals surface area contributed by atoms with Gasteiger partial charge in [0.1, 0.15) is 0 Å². The molecule has 0 saturated carbocycles. The van der Waals surface area contributed by atoms with Crippen molar-refractivity contribution in [1.82, 2.24) is 10.2 Å². The summed E-state index contributed by atoms with van der Waals surface area (Å²) in [6, 6.07) is 12.7. The van der Waals surface area contributed by atoms with Crippen LogP contribution in [-0.4, -0.2) is 40.0 Å². The molecule has 1 fully saturated rings. The number of nitro groups is 1. The summed E-state index contributed by atoms with van der Waals surface area (Å²) in [5.41, 5.74) is 2.99. The molecule has 0 aromatic heterocycles. The van der Waals surface area contributed by atoms with Crippen LogP contribution in [0.5, 0.6) is 0 Å². The highest BCUT2D eigenvalue weighted by atomic mass is 16.6. The number of nitro benzene ring substituents is 1. The van der Waals surface area contributed by atoms with Crippen LogP contribution in [-0.2, 0) is 19.5 Å². The number of benzene rings is 2. The van der Waals surface area contributed by atoms with Crippen LogP contribution < -0.4 is 5.32 Å². The summed E-state index contributed by atoms with van der Waals surface area (Å²) in [6.45, 7) is 4.04. The van der Waals surface area contributed by atoms with Crippen molar-refractivity contribution in [1.29, 1.82) is 0 Å². The van der Waals surface area contributed by atoms with Gasteiger partial charge >= 0.3 is 0 Å². The third-order valence-corrected chi connectivity index (χ3v) is 5.57. The number of nitrogens with zero attached hydrogens (tertiary/aromatic N) is 2. The normalized spacial score (nSPS) is 16.7. The van der Waals surface area contributed by atoms with E-state index in [4.69, 9.17) is 0 Å². The van der Waals surface area contributed by atoms with Crippen molar-refractivity contribution in [3.05, 3.63) is 74.8 Å². The average molecular weight is 397 g/mol. The molecule has 7 nitrogen and oxygen atoms in total. The smallest absolute Gasteiger partial charge is 0.273 e. The predicted molar refractivity (Wildman–Crippen MR) is 111 cm³/mol. The molecule has 1 atom stereocenters. The van der Waals surface area contributed by atoms with E-state index in [2.05, 4.69) is 10.2 Å². The lowest BCUT2D eigenvalue weighted by Gasteiger charge is -2.24. The number of rotatable bonds is 8. The molecular formula is C22H27N3O4. The summed E-state index contributed by atoms with van der Waals surface area (Å²) in [6.07, 6.45) is 2.62. The van der Waals surface area contributed by atoms with Crippen molar-refractivity contribution in [2.24, 2.45) is 0 Å². The Morgan fingerprint density at radius 3 is 2.69 bits per heavy atom. The third kappa shape index (κ3) is 4.99. The number of hydrogen-bond acceptors (Lipinski definition) is 5. The van der Waals surface area contributed by atoms with Crippen molar-refractivity contribution in [2.45, 2.75) is 45.3 Å². The standard InChI is InChI=1S/C22H27N3O4/c1-2-16-9-10-17(12-21(16)25(28)29)22(27)23-13-18-6-3-4-7-19(18)14-24-11-5-8-20(24)15-26/h3-4,6-7,9-10,12,20,26H,2,5,8,11,13-15H2,1H3,(H,23,27). The molecule has 2 N–H and O–H groups in total. The summed E-state index contributed by atoms with van der Waals surface area (Å²) in [4.78, 5) is 25.6. The lowest BCUT2D eigenvalue weighted by molar-refractivity contribution is -0.385. The van der Waals surface area contributed by atoms with Gasteiger partial charge in [-0.2, -0.15) is 0 Å². The van der Waals surface area contributed by atoms with Gasteiger partial charge in [0.25, 0.3) is 11.6 Å². The fourth-order valence-electron chi connectivity index (χ4n) is 3.86. The van der Waals surface area contributed by atoms with Crippen LogP contribution in [0, 0.1) is 10.1 Å². The molecule has 1 heterocycles. The Kier molecular flexibility index (Phi) is 6.95. The van der Waals surface area contributed by atoms with Gasteiger partial charge in [-0.25, -0.2) is 0 Å². The van der Waals surface area contributed by atoms with Crippen molar-refractivity contribution >= 4 is 11.6 Å². The van der Waals surface area contributed by atoms with E-state index in [9.17, 15) is 20.0 Å². The zero-order chi connectivity index (χ0) is 20.8. The molecule has 1 unspecified atom stereocenters. The molecule has 0 spiro atoms. The Morgan fingerprint density at radius 1 is 1.24 bits per heavy atom. The number of aliphatic hydroxyl groups is 1. The van der Waals surface area contributed by atoms with E-state index in [1.54, 1.807) is 12.1 Å². The highest BCUT2D eigenvalue weighted by molar-refractivity contribution is 5.95. The molecule has 3 rings (SSSR count). The molecule has 2 aromatic carbocycles. The van der Waals surface area contributed by atoms with Gasteiger partial charge in [-0.05, 0) is 43.0 Å². The van der Waals surface area contributed by atoms with Crippen LogP contribution >= 0.6 is 0 Å². The zero-order valence-corrected chi connectivity index (χ0v) is 16.6. The maximum Gasteiger partial charge on any atom is 0.273 e. The molecule has 1 saturated heterocycles. The van der Waals surface area contributed by atoms with E-state index in [1.807, 2.05) is 31.2 Å². The topological polar surface area (TPSA) is 95.7 Å². The Hall–Kier alpha value is -2.77. The quantitative estimate of drug-likeness (QED) is 0.527. The van der Waals surface area contributed by atoms with E-state index in [0.717, 1.165) is 37.1 Å². The van der Waals surface area contributed by atoms with Gasteiger partial charge < -0.3 is 10.4 Å². The first-order valence-electron chi connectivity index (χ1n) is 10.0. The van der Waals surface area contributed by atoms with E-state index < -0.39 is 4.92 Å². The lowest BCUT2D eigenvalue weighted by atomic mass is 10.0. The Bertz CT molecular complexity index is 884. The van der Waals surface area contributed by atoms with Gasteiger partial charge in [0.15, 0.2) is 0 Å². The van der Waals surface area contributed by atoms with E-state index in [1.165, 1.54) is 6.07 Å². The van der Waals surface area contributed by atoms with Gasteiger partial charge in [-0.15, -0.1) is 0 Å². The van der Waals surface area contributed by atoms with Crippen LogP contribution in [0.25, 0.3) is 0 Å². The summed E-state index contributed by atoms with van der Waals surface area (Å²) in [5.74, 6) is -0.333. The Labute approximate surface area is 170 Å². The SMILES string of the molecule is CCc1ccc(C(=O)NCc2ccccc2CN2CCCC2CO)cc1[N+](=O)[O-]. The second-order valence-electron chi connectivity index (χ2n) is 7.35. The van der Waals surface area contributed by atoms with Crippen molar-refractivity contribution < 1.29 is 14.8 Å². The molecule has 1 aliphatic heterocycles. The minimum Gasteiger partial charge on any atom is -0.395 e. The first kappa shape index (κ1) is 21.0. The monoisotopic (exact) mass is 397 g/mol. The van der Waals surface area contributed by atoms with Crippen molar-refractivity contribution in [2.75, 3.05) is 13.2 Å². The highest BCUT2D eigenvalue weighted by Crippen LogP contribution is 2.22. The number of aryl methyl sites for hydroxylation is 1. The van der Waals surface area contributed by atoms with Gasteiger partial charge in [0.05, 0.1) is 11.5 Å². The fraction of sp³-hybridized carbons (Fsp3) is 0.409. The maximum absolute atomic E-state index is 12.6. The van der Waals surface area contributed by atoms with Gasteiger partial charge in [-0.3, -0.25) is 19.8 Å². The van der Waals surface area contributed by atoms with Gasteiger partial charge in [-0.1, -0.05) is 37.3 Å². The number of nitrogens with one attached hydrogen (secondary N) is 1. The molecule has 7 heteroatoms. The Morgan fingerprint density at radius 2 is 2.00 bits per heavy atom. The highest BCUT2D eigenvalue weighted by Gasteiger charge is 2.24. The lowest BCUT2D eigenvalue weighted by Crippen LogP contribution is -2.32. The molecule has 0 radical (unpaired) electrons. The number of carbonyl (C=O) groups is 1. The van der Waals surface area contributed by atoms with E-state index >= 15 is 0 Å². The van der Waals surface area contributed by atoms with Crippen molar-refractivity contribution in [3.8, 4) is 0 Å². The number of hydrogen-bond donors (Lipinski definition) is 2. The van der Waals surface area contributed by atoms with E-state index in [0.29, 0.717) is 18.5 Å². The van der Waals surface area contributed by atoms with Crippen LogP contribution in [0.1, 0.15) is 46.8 Å². The second-order valence-corrected chi connectivity index (χ2v) is 7.35. The summed E-state index contributed by atoms with van der Waals surface area (Å²) in [5, 5.41) is 23.7. The number of amides is 1. The summed E-state index contributed by atoms with van der Waals surface area (Å²) >= 11 is 0. The van der Waals surface area contributed by atoms with Gasteiger partial charge in [0.2, 0.25) is 0 Å². The molecule has 1 aliphatic rings. The molecule has 154 valence electrons. The van der Waals surface area contributed by atoms with Gasteiger partial charge in [0, 0.05) is 36.3 Å². The Balaban J connectivity index is 1.69. The fourth-order valence-corrected chi connectivity index (χ4v) is 3.86. The number of carbonyl (C=O) groups excluding carboxylic acids is 1. The van der Waals surface area contributed by atoms with Crippen LogP contribution in [0.15, 0.2) is 42.5 Å². The summed E-state index contributed by atoms with van der Waals surface area (Å²) < 4.78 is 0. The molecule has 0 aliphatic carbocycles. The molecule has 29 heavy (non-hydrogen) atoms. The molecule has 2 aromatic rings. The second kappa shape index (κ2) is 9.62. The third-order valence-electron chi connectivity index (χ3n) is 5.57. The van der Waals surface area contributed by atoms with E-state index in [-0.39, 0.29) is 29.8 Å². The molecular weight excluding hydrogens is 370 g/mol. The zero-order valence-electron chi connectivity index (χ0n) is 16.6. The van der Waals surface area contributed by atoms with Crippen LogP contribution in [0.4, 0.5) is 5.69 Å².